The largest absolute Gasteiger partial charge is 0.381 e. The molecule has 0 spiro atoms. The van der Waals surface area contributed by atoms with E-state index in [2.05, 4.69) is 34.5 Å². The van der Waals surface area contributed by atoms with Gasteiger partial charge < -0.3 is 10.1 Å². The number of halogens is 1. The highest BCUT2D eigenvalue weighted by molar-refractivity contribution is 5.78. The lowest BCUT2D eigenvalue weighted by atomic mass is 9.74. The highest BCUT2D eigenvalue weighted by Crippen LogP contribution is 2.34. The maximum Gasteiger partial charge on any atom is 0.223 e. The molecule has 0 radical (unpaired) electrons. The molecule has 0 saturated carbocycles. The SMILES string of the molecule is O=C(NCC1(c2ccccc2)CCOCC1)C1CCN(Cc2ccccc2F)CC1. The minimum Gasteiger partial charge on any atom is -0.381 e. The molecule has 1 amide bonds. The molecule has 1 N–H and O–H groups in total. The summed E-state index contributed by atoms with van der Waals surface area (Å²) in [5.41, 5.74) is 1.97. The van der Waals surface area contributed by atoms with Crippen molar-refractivity contribution in [1.82, 2.24) is 10.2 Å². The van der Waals surface area contributed by atoms with Crippen molar-refractivity contribution >= 4 is 5.91 Å². The lowest BCUT2D eigenvalue weighted by Crippen LogP contribution is -2.47. The summed E-state index contributed by atoms with van der Waals surface area (Å²) in [6, 6.07) is 17.4. The molecule has 30 heavy (non-hydrogen) atoms. The van der Waals surface area contributed by atoms with E-state index in [0.29, 0.717) is 13.1 Å². The molecular formula is C25H31FN2O2. The van der Waals surface area contributed by atoms with Crippen molar-refractivity contribution in [2.75, 3.05) is 32.8 Å². The van der Waals surface area contributed by atoms with E-state index in [1.54, 1.807) is 6.07 Å². The Morgan fingerprint density at radius 2 is 1.70 bits per heavy atom. The number of piperidine rings is 1. The van der Waals surface area contributed by atoms with Gasteiger partial charge in [0.1, 0.15) is 5.82 Å². The molecule has 5 heteroatoms. The van der Waals surface area contributed by atoms with E-state index >= 15 is 0 Å². The molecule has 2 heterocycles. The van der Waals surface area contributed by atoms with Crippen molar-refractivity contribution in [3.8, 4) is 0 Å². The van der Waals surface area contributed by atoms with Gasteiger partial charge in [0.25, 0.3) is 0 Å². The van der Waals surface area contributed by atoms with Crippen molar-refractivity contribution in [2.24, 2.45) is 5.92 Å². The maximum atomic E-state index is 13.9. The molecule has 160 valence electrons. The van der Waals surface area contributed by atoms with E-state index in [-0.39, 0.29) is 23.1 Å². The van der Waals surface area contributed by atoms with Gasteiger partial charge >= 0.3 is 0 Å². The summed E-state index contributed by atoms with van der Waals surface area (Å²) in [6.07, 6.45) is 3.50. The van der Waals surface area contributed by atoms with Crippen LogP contribution >= 0.6 is 0 Å². The normalized spacial score (nSPS) is 20.0. The fourth-order valence-electron chi connectivity index (χ4n) is 4.74. The standard InChI is InChI=1S/C25H31FN2O2/c26-23-9-5-4-6-21(23)18-28-14-10-20(11-15-28)24(29)27-19-25(12-16-30-17-13-25)22-7-2-1-3-8-22/h1-9,20H,10-19H2,(H,27,29). The van der Waals surface area contributed by atoms with Crippen LogP contribution in [0.4, 0.5) is 4.39 Å². The van der Waals surface area contributed by atoms with Crippen LogP contribution in [0.15, 0.2) is 54.6 Å². The van der Waals surface area contributed by atoms with Crippen LogP contribution in [-0.2, 0) is 21.5 Å². The monoisotopic (exact) mass is 410 g/mol. The second kappa shape index (κ2) is 9.71. The predicted molar refractivity (Wildman–Crippen MR) is 116 cm³/mol. The van der Waals surface area contributed by atoms with Gasteiger partial charge in [-0.2, -0.15) is 0 Å². The van der Waals surface area contributed by atoms with Gasteiger partial charge in [-0.1, -0.05) is 48.5 Å². The van der Waals surface area contributed by atoms with Crippen molar-refractivity contribution in [3.63, 3.8) is 0 Å². The number of hydrogen-bond donors (Lipinski definition) is 1. The second-order valence-electron chi connectivity index (χ2n) is 8.62. The number of carbonyl (C=O) groups excluding carboxylic acids is 1. The van der Waals surface area contributed by atoms with Crippen molar-refractivity contribution in [3.05, 3.63) is 71.5 Å². The Labute approximate surface area is 178 Å². The summed E-state index contributed by atoms with van der Waals surface area (Å²) in [5.74, 6) is 0.0388. The number of rotatable bonds is 6. The first-order valence-corrected chi connectivity index (χ1v) is 11.0. The summed E-state index contributed by atoms with van der Waals surface area (Å²) in [6.45, 7) is 4.39. The number of nitrogens with one attached hydrogen (secondary N) is 1. The van der Waals surface area contributed by atoms with Gasteiger partial charge in [-0.3, -0.25) is 9.69 Å². The van der Waals surface area contributed by atoms with Gasteiger partial charge in [0.15, 0.2) is 0 Å². The quantitative estimate of drug-likeness (QED) is 0.785. The Balaban J connectivity index is 1.30. The first kappa shape index (κ1) is 21.0. The van der Waals surface area contributed by atoms with Crippen LogP contribution in [0, 0.1) is 11.7 Å². The van der Waals surface area contributed by atoms with Gasteiger partial charge in [-0.05, 0) is 50.4 Å². The highest BCUT2D eigenvalue weighted by atomic mass is 19.1. The molecule has 2 fully saturated rings. The third-order valence-corrected chi connectivity index (χ3v) is 6.75. The van der Waals surface area contributed by atoms with Crippen LogP contribution in [0.3, 0.4) is 0 Å². The molecule has 2 aromatic rings. The van der Waals surface area contributed by atoms with E-state index in [4.69, 9.17) is 4.74 Å². The first-order valence-electron chi connectivity index (χ1n) is 11.0. The third-order valence-electron chi connectivity index (χ3n) is 6.75. The fraction of sp³-hybridized carbons (Fsp3) is 0.480. The molecule has 4 nitrogen and oxygen atoms in total. The zero-order valence-corrected chi connectivity index (χ0v) is 17.5. The van der Waals surface area contributed by atoms with Crippen LogP contribution in [0.5, 0.6) is 0 Å². The molecule has 4 rings (SSSR count). The topological polar surface area (TPSA) is 41.6 Å². The average Bonchev–Trinajstić information content (AvgIpc) is 2.81. The Bertz CT molecular complexity index is 828. The van der Waals surface area contributed by atoms with E-state index < -0.39 is 0 Å². The van der Waals surface area contributed by atoms with Crippen molar-refractivity contribution < 1.29 is 13.9 Å². The van der Waals surface area contributed by atoms with Gasteiger partial charge in [-0.15, -0.1) is 0 Å². The molecule has 0 aromatic heterocycles. The van der Waals surface area contributed by atoms with E-state index in [1.165, 1.54) is 11.6 Å². The average molecular weight is 411 g/mol. The minimum absolute atomic E-state index is 0.0366. The number of nitrogens with zero attached hydrogens (tertiary/aromatic N) is 1. The van der Waals surface area contributed by atoms with Crippen LogP contribution in [-0.4, -0.2) is 43.7 Å². The molecule has 0 aliphatic carbocycles. The van der Waals surface area contributed by atoms with E-state index in [9.17, 15) is 9.18 Å². The third kappa shape index (κ3) is 4.90. The smallest absolute Gasteiger partial charge is 0.223 e. The lowest BCUT2D eigenvalue weighted by Gasteiger charge is -2.38. The summed E-state index contributed by atoms with van der Waals surface area (Å²) >= 11 is 0. The predicted octanol–water partition coefficient (Wildman–Crippen LogP) is 3.90. The molecule has 0 unspecified atom stereocenters. The first-order chi connectivity index (χ1) is 14.7. The molecule has 2 aliphatic rings. The highest BCUT2D eigenvalue weighted by Gasteiger charge is 2.35. The van der Waals surface area contributed by atoms with Crippen LogP contribution in [0.1, 0.15) is 36.8 Å². The molecule has 2 saturated heterocycles. The van der Waals surface area contributed by atoms with Crippen molar-refractivity contribution in [1.29, 1.82) is 0 Å². The number of likely N-dealkylation sites (tertiary alicyclic amines) is 1. The van der Waals surface area contributed by atoms with Gasteiger partial charge in [0.2, 0.25) is 5.91 Å². The summed E-state index contributed by atoms with van der Waals surface area (Å²) in [4.78, 5) is 15.2. The lowest BCUT2D eigenvalue weighted by molar-refractivity contribution is -0.127. The Kier molecular flexibility index (Phi) is 6.80. The molecule has 2 aliphatic heterocycles. The number of benzene rings is 2. The maximum absolute atomic E-state index is 13.9. The van der Waals surface area contributed by atoms with Crippen LogP contribution in [0.25, 0.3) is 0 Å². The Hall–Kier alpha value is -2.24. The Morgan fingerprint density at radius 3 is 2.40 bits per heavy atom. The second-order valence-corrected chi connectivity index (χ2v) is 8.62. The van der Waals surface area contributed by atoms with E-state index in [0.717, 1.165) is 57.6 Å². The number of hydrogen-bond acceptors (Lipinski definition) is 3. The zero-order chi connectivity index (χ0) is 20.8. The summed E-state index contributed by atoms with van der Waals surface area (Å²) in [5, 5.41) is 3.26. The van der Waals surface area contributed by atoms with Gasteiger partial charge in [0, 0.05) is 43.2 Å². The number of amides is 1. The van der Waals surface area contributed by atoms with Crippen molar-refractivity contribution in [2.45, 2.75) is 37.6 Å². The van der Waals surface area contributed by atoms with Crippen LogP contribution in [0.2, 0.25) is 0 Å². The summed E-state index contributed by atoms with van der Waals surface area (Å²) in [7, 11) is 0. The molecular weight excluding hydrogens is 379 g/mol. The number of carbonyl (C=O) groups is 1. The zero-order valence-electron chi connectivity index (χ0n) is 17.5. The fourth-order valence-corrected chi connectivity index (χ4v) is 4.74. The molecule has 2 aromatic carbocycles. The van der Waals surface area contributed by atoms with Gasteiger partial charge in [0.05, 0.1) is 0 Å². The number of ether oxygens (including phenoxy) is 1. The molecule has 0 atom stereocenters. The van der Waals surface area contributed by atoms with Gasteiger partial charge in [-0.25, -0.2) is 4.39 Å². The van der Waals surface area contributed by atoms with Crippen LogP contribution < -0.4 is 5.32 Å². The summed E-state index contributed by atoms with van der Waals surface area (Å²) < 4.78 is 19.5. The minimum atomic E-state index is -0.153. The molecule has 0 bridgehead atoms. The van der Waals surface area contributed by atoms with E-state index in [1.807, 2.05) is 18.2 Å². The Morgan fingerprint density at radius 1 is 1.03 bits per heavy atom.